The van der Waals surface area contributed by atoms with Gasteiger partial charge >= 0.3 is 0 Å². The van der Waals surface area contributed by atoms with E-state index in [9.17, 15) is 0 Å². The number of rotatable bonds is 4. The van der Waals surface area contributed by atoms with Gasteiger partial charge in [0.25, 0.3) is 0 Å². The topological polar surface area (TPSA) is 61.6 Å². The molecule has 25 heavy (non-hydrogen) atoms. The van der Waals surface area contributed by atoms with Gasteiger partial charge in [-0.2, -0.15) is 5.10 Å². The van der Waals surface area contributed by atoms with Crippen molar-refractivity contribution >= 4 is 23.2 Å². The maximum Gasteiger partial charge on any atom is 0.194 e. The molecule has 1 aromatic heterocycles. The van der Waals surface area contributed by atoms with E-state index < -0.39 is 0 Å². The summed E-state index contributed by atoms with van der Waals surface area (Å²) in [7, 11) is 1.88. The third kappa shape index (κ3) is 4.42. The van der Waals surface area contributed by atoms with Crippen molar-refractivity contribution in [1.29, 1.82) is 0 Å². The Morgan fingerprint density at radius 2 is 2.08 bits per heavy atom. The summed E-state index contributed by atoms with van der Waals surface area (Å²) in [4.78, 5) is 13.6. The molecule has 0 aliphatic carbocycles. The molecule has 2 heterocycles. The number of piperazine rings is 1. The number of aliphatic imine (C=N–C) groups is 1. The maximum absolute atomic E-state index is 6.11. The SMILES string of the molecule is CCNC(=NCc1ncnn1C)N1CCN(c2cccc(Cl)c2)CC1. The van der Waals surface area contributed by atoms with Crippen molar-refractivity contribution < 1.29 is 0 Å². The first-order chi connectivity index (χ1) is 12.2. The van der Waals surface area contributed by atoms with Crippen LogP contribution in [0, 0.1) is 0 Å². The highest BCUT2D eigenvalue weighted by molar-refractivity contribution is 6.30. The number of aryl methyl sites for hydroxylation is 1. The summed E-state index contributed by atoms with van der Waals surface area (Å²) in [5.41, 5.74) is 1.17. The van der Waals surface area contributed by atoms with E-state index in [0.717, 1.165) is 49.5 Å². The molecule has 0 amide bonds. The lowest BCUT2D eigenvalue weighted by molar-refractivity contribution is 0.372. The Morgan fingerprint density at radius 1 is 1.28 bits per heavy atom. The van der Waals surface area contributed by atoms with Gasteiger partial charge in [-0.05, 0) is 25.1 Å². The van der Waals surface area contributed by atoms with Gasteiger partial charge in [0.05, 0.1) is 0 Å². The molecule has 1 aliphatic heterocycles. The Bertz CT molecular complexity index is 719. The Hall–Kier alpha value is -2.28. The van der Waals surface area contributed by atoms with Crippen molar-refractivity contribution in [3.8, 4) is 0 Å². The molecule has 0 radical (unpaired) electrons. The highest BCUT2D eigenvalue weighted by Gasteiger charge is 2.20. The molecular weight excluding hydrogens is 338 g/mol. The van der Waals surface area contributed by atoms with Gasteiger partial charge in [0.1, 0.15) is 18.7 Å². The number of hydrogen-bond donors (Lipinski definition) is 1. The fourth-order valence-electron chi connectivity index (χ4n) is 2.88. The van der Waals surface area contributed by atoms with E-state index in [-0.39, 0.29) is 0 Å². The molecule has 1 aromatic carbocycles. The molecule has 134 valence electrons. The van der Waals surface area contributed by atoms with Crippen LogP contribution in [0.1, 0.15) is 12.7 Å². The van der Waals surface area contributed by atoms with Crippen molar-refractivity contribution in [2.45, 2.75) is 13.5 Å². The minimum absolute atomic E-state index is 0.521. The monoisotopic (exact) mass is 361 g/mol. The predicted molar refractivity (Wildman–Crippen MR) is 101 cm³/mol. The first-order valence-electron chi connectivity index (χ1n) is 8.54. The van der Waals surface area contributed by atoms with Crippen molar-refractivity contribution in [3.63, 3.8) is 0 Å². The molecule has 1 N–H and O–H groups in total. The smallest absolute Gasteiger partial charge is 0.194 e. The van der Waals surface area contributed by atoms with Gasteiger partial charge in [-0.1, -0.05) is 17.7 Å². The molecule has 1 saturated heterocycles. The van der Waals surface area contributed by atoms with E-state index in [0.29, 0.717) is 6.54 Å². The fourth-order valence-corrected chi connectivity index (χ4v) is 3.07. The first kappa shape index (κ1) is 17.5. The van der Waals surface area contributed by atoms with Gasteiger partial charge in [-0.25, -0.2) is 9.98 Å². The number of nitrogens with one attached hydrogen (secondary N) is 1. The van der Waals surface area contributed by atoms with Crippen LogP contribution in [-0.4, -0.2) is 58.3 Å². The number of nitrogens with zero attached hydrogens (tertiary/aromatic N) is 6. The van der Waals surface area contributed by atoms with Crippen LogP contribution in [0.3, 0.4) is 0 Å². The summed E-state index contributed by atoms with van der Waals surface area (Å²) in [6.45, 7) is 7.15. The summed E-state index contributed by atoms with van der Waals surface area (Å²) in [6, 6.07) is 8.03. The second-order valence-electron chi connectivity index (χ2n) is 5.92. The van der Waals surface area contributed by atoms with Gasteiger partial charge in [0.2, 0.25) is 0 Å². The van der Waals surface area contributed by atoms with E-state index in [1.165, 1.54) is 5.69 Å². The minimum Gasteiger partial charge on any atom is -0.368 e. The molecule has 7 nitrogen and oxygen atoms in total. The van der Waals surface area contributed by atoms with E-state index in [4.69, 9.17) is 16.6 Å². The van der Waals surface area contributed by atoms with Gasteiger partial charge in [0.15, 0.2) is 5.96 Å². The molecule has 1 aliphatic rings. The van der Waals surface area contributed by atoms with Crippen LogP contribution in [0.4, 0.5) is 5.69 Å². The summed E-state index contributed by atoms with van der Waals surface area (Å²) >= 11 is 6.11. The van der Waals surface area contributed by atoms with E-state index in [1.54, 1.807) is 11.0 Å². The van der Waals surface area contributed by atoms with Crippen LogP contribution < -0.4 is 10.2 Å². The third-order valence-electron chi connectivity index (χ3n) is 4.26. The Labute approximate surface area is 153 Å². The van der Waals surface area contributed by atoms with Crippen LogP contribution in [0.5, 0.6) is 0 Å². The third-order valence-corrected chi connectivity index (χ3v) is 4.50. The van der Waals surface area contributed by atoms with E-state index in [1.807, 2.05) is 25.2 Å². The number of hydrogen-bond acceptors (Lipinski definition) is 4. The normalized spacial score (nSPS) is 15.6. The Kier molecular flexibility index (Phi) is 5.75. The molecule has 2 aromatic rings. The molecule has 3 rings (SSSR count). The summed E-state index contributed by atoms with van der Waals surface area (Å²) in [5, 5.41) is 8.24. The molecule has 0 spiro atoms. The van der Waals surface area contributed by atoms with Crippen molar-refractivity contribution in [2.75, 3.05) is 37.6 Å². The molecule has 0 bridgehead atoms. The highest BCUT2D eigenvalue weighted by atomic mass is 35.5. The second kappa shape index (κ2) is 8.20. The molecular formula is C17H24ClN7. The average Bonchev–Trinajstić information content (AvgIpc) is 3.04. The molecule has 0 saturated carbocycles. The van der Waals surface area contributed by atoms with Crippen LogP contribution in [-0.2, 0) is 13.6 Å². The number of halogens is 1. The van der Waals surface area contributed by atoms with Crippen LogP contribution in [0.2, 0.25) is 5.02 Å². The van der Waals surface area contributed by atoms with E-state index >= 15 is 0 Å². The minimum atomic E-state index is 0.521. The van der Waals surface area contributed by atoms with Gasteiger partial charge in [0, 0.05) is 50.5 Å². The van der Waals surface area contributed by atoms with Gasteiger partial charge < -0.3 is 15.1 Å². The zero-order valence-electron chi connectivity index (χ0n) is 14.7. The van der Waals surface area contributed by atoms with E-state index in [2.05, 4.69) is 38.2 Å². The lowest BCUT2D eigenvalue weighted by Gasteiger charge is -2.37. The highest BCUT2D eigenvalue weighted by Crippen LogP contribution is 2.20. The average molecular weight is 362 g/mol. The summed E-state index contributed by atoms with van der Waals surface area (Å²) in [5.74, 6) is 1.78. The maximum atomic E-state index is 6.11. The second-order valence-corrected chi connectivity index (χ2v) is 6.36. The predicted octanol–water partition coefficient (Wildman–Crippen LogP) is 1.76. The molecule has 0 atom stereocenters. The van der Waals surface area contributed by atoms with Crippen molar-refractivity contribution in [1.82, 2.24) is 25.0 Å². The van der Waals surface area contributed by atoms with Gasteiger partial charge in [-0.3, -0.25) is 4.68 Å². The fraction of sp³-hybridized carbons (Fsp3) is 0.471. The Balaban J connectivity index is 1.63. The number of anilines is 1. The van der Waals surface area contributed by atoms with Crippen molar-refractivity contribution in [3.05, 3.63) is 41.4 Å². The largest absolute Gasteiger partial charge is 0.368 e. The summed E-state index contributed by atoms with van der Waals surface area (Å²) < 4.78 is 1.75. The molecule has 8 heteroatoms. The standard InChI is InChI=1S/C17H24ClN7/c1-3-19-17(20-12-16-21-13-22-23(16)2)25-9-7-24(8-10-25)15-6-4-5-14(18)11-15/h4-6,11,13H,3,7-10,12H2,1-2H3,(H,19,20). The lowest BCUT2D eigenvalue weighted by atomic mass is 10.2. The van der Waals surface area contributed by atoms with Crippen LogP contribution in [0.25, 0.3) is 0 Å². The quantitative estimate of drug-likeness (QED) is 0.664. The number of aromatic nitrogens is 3. The first-order valence-corrected chi connectivity index (χ1v) is 8.92. The summed E-state index contributed by atoms with van der Waals surface area (Å²) in [6.07, 6.45) is 1.56. The Morgan fingerprint density at radius 3 is 2.72 bits per heavy atom. The molecule has 0 unspecified atom stereocenters. The zero-order valence-corrected chi connectivity index (χ0v) is 15.4. The lowest BCUT2D eigenvalue weighted by Crippen LogP contribution is -2.52. The number of guanidine groups is 1. The number of benzene rings is 1. The van der Waals surface area contributed by atoms with Crippen molar-refractivity contribution in [2.24, 2.45) is 12.0 Å². The van der Waals surface area contributed by atoms with Crippen LogP contribution >= 0.6 is 11.6 Å². The zero-order chi connectivity index (χ0) is 17.6. The van der Waals surface area contributed by atoms with Gasteiger partial charge in [-0.15, -0.1) is 0 Å². The van der Waals surface area contributed by atoms with Crippen LogP contribution in [0.15, 0.2) is 35.6 Å². The molecule has 1 fully saturated rings.